The number of carbonyl (C=O) groups is 1. The molecule has 106 valence electrons. The number of hydrogen-bond acceptors (Lipinski definition) is 2. The van der Waals surface area contributed by atoms with Gasteiger partial charge in [-0.2, -0.15) is 5.10 Å². The molecule has 0 bridgehead atoms. The first-order chi connectivity index (χ1) is 9.43. The van der Waals surface area contributed by atoms with E-state index in [0.717, 1.165) is 28.0 Å². The SMILES string of the molecule is CCn1nc(C)c(Br)c1CC(=O)c1ccc(C)c(Cl)c1. The zero-order valence-electron chi connectivity index (χ0n) is 11.7. The third kappa shape index (κ3) is 2.96. The number of hydrogen-bond donors (Lipinski definition) is 0. The Hall–Kier alpha value is -1.13. The van der Waals surface area contributed by atoms with E-state index in [9.17, 15) is 4.79 Å². The molecule has 5 heteroatoms. The van der Waals surface area contributed by atoms with Crippen molar-refractivity contribution in [2.24, 2.45) is 0 Å². The molecule has 0 unspecified atom stereocenters. The van der Waals surface area contributed by atoms with E-state index in [0.29, 0.717) is 17.0 Å². The Balaban J connectivity index is 2.30. The number of aryl methyl sites for hydroxylation is 3. The van der Waals surface area contributed by atoms with Crippen molar-refractivity contribution in [2.45, 2.75) is 33.7 Å². The van der Waals surface area contributed by atoms with Crippen molar-refractivity contribution in [3.05, 3.63) is 50.2 Å². The van der Waals surface area contributed by atoms with Gasteiger partial charge in [0.1, 0.15) is 0 Å². The van der Waals surface area contributed by atoms with E-state index in [-0.39, 0.29) is 5.78 Å². The lowest BCUT2D eigenvalue weighted by atomic mass is 10.0. The van der Waals surface area contributed by atoms with Crippen LogP contribution in [0.3, 0.4) is 0 Å². The lowest BCUT2D eigenvalue weighted by molar-refractivity contribution is 0.0990. The fourth-order valence-corrected chi connectivity index (χ4v) is 2.66. The van der Waals surface area contributed by atoms with Crippen molar-refractivity contribution in [2.75, 3.05) is 0 Å². The molecule has 0 aliphatic rings. The fourth-order valence-electron chi connectivity index (χ4n) is 2.06. The molecule has 0 saturated carbocycles. The Morgan fingerprint density at radius 1 is 1.40 bits per heavy atom. The summed E-state index contributed by atoms with van der Waals surface area (Å²) in [6.07, 6.45) is 0.314. The first kappa shape index (κ1) is 15.3. The highest BCUT2D eigenvalue weighted by atomic mass is 79.9. The van der Waals surface area contributed by atoms with Crippen molar-refractivity contribution < 1.29 is 4.79 Å². The van der Waals surface area contributed by atoms with Gasteiger partial charge in [-0.1, -0.05) is 23.7 Å². The number of carbonyl (C=O) groups excluding carboxylic acids is 1. The van der Waals surface area contributed by atoms with Crippen LogP contribution in [-0.2, 0) is 13.0 Å². The van der Waals surface area contributed by atoms with Gasteiger partial charge in [-0.3, -0.25) is 9.48 Å². The number of aromatic nitrogens is 2. The molecular weight excluding hydrogens is 340 g/mol. The molecule has 0 fully saturated rings. The highest BCUT2D eigenvalue weighted by Crippen LogP contribution is 2.24. The van der Waals surface area contributed by atoms with Gasteiger partial charge in [-0.15, -0.1) is 0 Å². The number of halogens is 2. The summed E-state index contributed by atoms with van der Waals surface area (Å²) >= 11 is 9.58. The van der Waals surface area contributed by atoms with Gasteiger partial charge in [0, 0.05) is 17.1 Å². The summed E-state index contributed by atoms with van der Waals surface area (Å²) in [5.74, 6) is 0.0437. The van der Waals surface area contributed by atoms with Crippen LogP contribution in [0.15, 0.2) is 22.7 Å². The van der Waals surface area contributed by atoms with Crippen LogP contribution in [0.25, 0.3) is 0 Å². The van der Waals surface area contributed by atoms with Crippen LogP contribution < -0.4 is 0 Å². The molecule has 20 heavy (non-hydrogen) atoms. The predicted octanol–water partition coefficient (Wildman–Crippen LogP) is 4.36. The molecule has 1 aromatic heterocycles. The lowest BCUT2D eigenvalue weighted by Gasteiger charge is -2.06. The minimum absolute atomic E-state index is 0.0437. The van der Waals surface area contributed by atoms with Gasteiger partial charge < -0.3 is 0 Å². The van der Waals surface area contributed by atoms with Crippen LogP contribution in [0, 0.1) is 13.8 Å². The van der Waals surface area contributed by atoms with E-state index in [1.807, 2.05) is 37.6 Å². The molecule has 0 aliphatic carbocycles. The third-order valence-electron chi connectivity index (χ3n) is 3.27. The van der Waals surface area contributed by atoms with Gasteiger partial charge in [0.2, 0.25) is 0 Å². The second-order valence-corrected chi connectivity index (χ2v) is 5.93. The maximum atomic E-state index is 12.4. The van der Waals surface area contributed by atoms with Gasteiger partial charge in [-0.25, -0.2) is 0 Å². The minimum Gasteiger partial charge on any atom is -0.294 e. The van der Waals surface area contributed by atoms with Crippen molar-refractivity contribution in [3.63, 3.8) is 0 Å². The summed E-state index contributed by atoms with van der Waals surface area (Å²) in [7, 11) is 0. The summed E-state index contributed by atoms with van der Waals surface area (Å²) in [5.41, 5.74) is 3.41. The van der Waals surface area contributed by atoms with Crippen LogP contribution in [0.1, 0.15) is 34.2 Å². The summed E-state index contributed by atoms with van der Waals surface area (Å²) in [4.78, 5) is 12.4. The fraction of sp³-hybridized carbons (Fsp3) is 0.333. The highest BCUT2D eigenvalue weighted by Gasteiger charge is 2.17. The Bertz CT molecular complexity index is 664. The zero-order chi connectivity index (χ0) is 14.9. The maximum absolute atomic E-state index is 12.4. The molecular formula is C15H16BrClN2O. The molecule has 2 aromatic rings. The van der Waals surface area contributed by atoms with Crippen molar-refractivity contribution in [1.29, 1.82) is 0 Å². The predicted molar refractivity (Wildman–Crippen MR) is 84.6 cm³/mol. The second kappa shape index (κ2) is 6.10. The van der Waals surface area contributed by atoms with Crippen LogP contribution in [0.2, 0.25) is 5.02 Å². The average molecular weight is 356 g/mol. The van der Waals surface area contributed by atoms with E-state index in [1.54, 1.807) is 6.07 Å². The van der Waals surface area contributed by atoms with Gasteiger partial charge in [0.25, 0.3) is 0 Å². The molecule has 0 spiro atoms. The molecule has 0 N–H and O–H groups in total. The van der Waals surface area contributed by atoms with Crippen molar-refractivity contribution in [1.82, 2.24) is 9.78 Å². The number of benzene rings is 1. The van der Waals surface area contributed by atoms with Gasteiger partial charge in [0.15, 0.2) is 5.78 Å². The van der Waals surface area contributed by atoms with E-state index in [4.69, 9.17) is 11.6 Å². The van der Waals surface area contributed by atoms with Crippen LogP contribution in [0.5, 0.6) is 0 Å². The minimum atomic E-state index is 0.0437. The number of nitrogens with zero attached hydrogens (tertiary/aromatic N) is 2. The van der Waals surface area contributed by atoms with Gasteiger partial charge >= 0.3 is 0 Å². The topological polar surface area (TPSA) is 34.9 Å². The Morgan fingerprint density at radius 2 is 2.10 bits per heavy atom. The smallest absolute Gasteiger partial charge is 0.168 e. The largest absolute Gasteiger partial charge is 0.294 e. The summed E-state index contributed by atoms with van der Waals surface area (Å²) in [5, 5.41) is 5.02. The van der Waals surface area contributed by atoms with E-state index in [2.05, 4.69) is 21.0 Å². The zero-order valence-corrected chi connectivity index (χ0v) is 14.0. The van der Waals surface area contributed by atoms with Gasteiger partial charge in [0.05, 0.1) is 22.3 Å². The normalized spacial score (nSPS) is 10.8. The highest BCUT2D eigenvalue weighted by molar-refractivity contribution is 9.10. The molecule has 0 aliphatic heterocycles. The molecule has 1 aromatic carbocycles. The summed E-state index contributed by atoms with van der Waals surface area (Å²) in [6, 6.07) is 5.41. The molecule has 3 nitrogen and oxygen atoms in total. The molecule has 1 heterocycles. The van der Waals surface area contributed by atoms with Crippen LogP contribution in [-0.4, -0.2) is 15.6 Å². The summed E-state index contributed by atoms with van der Waals surface area (Å²) < 4.78 is 2.76. The molecule has 2 rings (SSSR count). The summed E-state index contributed by atoms with van der Waals surface area (Å²) in [6.45, 7) is 6.59. The monoisotopic (exact) mass is 354 g/mol. The second-order valence-electron chi connectivity index (χ2n) is 4.73. The van der Waals surface area contributed by atoms with E-state index < -0.39 is 0 Å². The molecule has 0 radical (unpaired) electrons. The van der Waals surface area contributed by atoms with Crippen molar-refractivity contribution >= 4 is 33.3 Å². The molecule has 0 saturated heterocycles. The first-order valence-corrected chi connectivity index (χ1v) is 7.62. The Morgan fingerprint density at radius 3 is 2.70 bits per heavy atom. The maximum Gasteiger partial charge on any atom is 0.168 e. The molecule has 0 amide bonds. The number of Topliss-reactive ketones (excluding diaryl/α,β-unsaturated/α-hetero) is 1. The number of ketones is 1. The van der Waals surface area contributed by atoms with Crippen molar-refractivity contribution in [3.8, 4) is 0 Å². The first-order valence-electron chi connectivity index (χ1n) is 6.45. The third-order valence-corrected chi connectivity index (χ3v) is 4.71. The Kier molecular flexibility index (Phi) is 4.66. The Labute approximate surface area is 132 Å². The standard InChI is InChI=1S/C15H16BrClN2O/c1-4-19-13(15(16)10(3)18-19)8-14(20)11-6-5-9(2)12(17)7-11/h5-7H,4,8H2,1-3H3. The van der Waals surface area contributed by atoms with E-state index in [1.165, 1.54) is 0 Å². The van der Waals surface area contributed by atoms with Gasteiger partial charge in [-0.05, 0) is 48.3 Å². The van der Waals surface area contributed by atoms with E-state index >= 15 is 0 Å². The quantitative estimate of drug-likeness (QED) is 0.764. The average Bonchev–Trinajstić information content (AvgIpc) is 2.69. The number of rotatable bonds is 4. The lowest BCUT2D eigenvalue weighted by Crippen LogP contribution is -2.10. The van der Waals surface area contributed by atoms with Crippen LogP contribution >= 0.6 is 27.5 Å². The van der Waals surface area contributed by atoms with Crippen LogP contribution in [0.4, 0.5) is 0 Å². The molecule has 0 atom stereocenters.